The first-order chi connectivity index (χ1) is 42.7. The Balaban J connectivity index is 4.41. The Morgan fingerprint density at radius 2 is 1.00 bits per heavy atom. The van der Waals surface area contributed by atoms with Crippen molar-refractivity contribution in [1.29, 1.82) is 0 Å². The number of aliphatic hydroxyl groups excluding tert-OH is 1. The van der Waals surface area contributed by atoms with E-state index in [4.69, 9.17) is 9.47 Å². The van der Waals surface area contributed by atoms with Crippen molar-refractivity contribution >= 4 is 70.9 Å². The number of hydrogen-bond acceptors (Lipinski definition) is 15. The number of hydrogen-bond donors (Lipinski definition) is 5. The smallest absolute Gasteiger partial charge is 0.302 e. The van der Waals surface area contributed by atoms with E-state index in [0.717, 1.165) is 9.80 Å². The molecule has 0 bridgehead atoms. The van der Waals surface area contributed by atoms with E-state index in [1.54, 1.807) is 74.5 Å². The number of esters is 1. The number of ether oxygens (including phenoxy) is 2. The summed E-state index contributed by atoms with van der Waals surface area (Å²) in [4.78, 5) is 182. The highest BCUT2D eigenvalue weighted by atomic mass is 16.5. The van der Waals surface area contributed by atoms with Gasteiger partial charge in [0.2, 0.25) is 65.0 Å². The van der Waals surface area contributed by atoms with Gasteiger partial charge in [-0.2, -0.15) is 0 Å². The van der Waals surface area contributed by atoms with Gasteiger partial charge in [-0.1, -0.05) is 95.2 Å². The van der Waals surface area contributed by atoms with Gasteiger partial charge in [-0.25, -0.2) is 0 Å². The number of nitrogens with one attached hydrogen (secondary N) is 4. The number of carbonyl (C=O) groups excluding carboxylic acids is 12. The van der Waals surface area contributed by atoms with E-state index in [1.165, 1.54) is 87.6 Å². The third kappa shape index (κ3) is 24.0. The number of likely N-dealkylation sites (N-methyl/N-ethyl adjacent to an activating group) is 7. The van der Waals surface area contributed by atoms with Gasteiger partial charge in [-0.05, 0) is 103 Å². The van der Waals surface area contributed by atoms with Crippen molar-refractivity contribution in [1.82, 2.24) is 55.6 Å². The Labute approximate surface area is 548 Å². The SMILES string of the molecule is C/C=C/[C@@H](C)[C@@H](O)[C@H]1C(=O)N[C@@H](CC)C(=O)N(CC)CC(=O)N(C)C([C@@H](C)OCCCCOC(C)=O)C(=O)N[C@@H](C(C)C)C(=O)N(C)[C@@H](CC(C)C)C(=O)N[C@@H](C)C(=O)N[C@H](C)C(=O)N(C)[C@@H](CC(C)C)C(=O)N(C)[C@@H](CC(C)C)C(=O)N(C)[C@@H](C(C)C)C(=O)N1C. The number of aliphatic hydroxyl groups is 1. The fourth-order valence-electron chi connectivity index (χ4n) is 11.3. The van der Waals surface area contributed by atoms with Crippen LogP contribution < -0.4 is 21.3 Å². The molecule has 92 heavy (non-hydrogen) atoms. The Morgan fingerprint density at radius 1 is 0.533 bits per heavy atom. The van der Waals surface area contributed by atoms with Gasteiger partial charge in [-0.15, -0.1) is 0 Å². The van der Waals surface area contributed by atoms with Crippen LogP contribution in [0, 0.1) is 35.5 Å². The van der Waals surface area contributed by atoms with E-state index < -0.39 is 168 Å². The van der Waals surface area contributed by atoms with Crippen molar-refractivity contribution in [2.75, 3.05) is 68.6 Å². The number of allylic oxidation sites excluding steroid dienone is 1. The standard InChI is InChI=1S/C66H117N11O15/c1-25-30-42(14)56(80)55-60(84)69-47(26-2)62(86)77(27-3)36-51(79)74(22)54(45(17)91-31-28-29-32-92-46(18)78)59(83)70-52(40(10)11)65(89)71(19)48(33-37(4)5)58(82)67-43(15)57(81)68-44(16)61(85)72(20)49(34-38(6)7)63(87)73(21)50(35-39(8)9)64(88)75(23)53(41(12)13)66(90)76(55)24/h25,30,37-45,47-50,52-56,80H,26-29,31-36H2,1-24H3,(H,67,82)(H,68,81)(H,69,84)(H,70,83)/b30-25+/t42-,43+,44-,45-,47+,48+,49+,50+,52+,53+,54?,55+,56-/m1/s1. The van der Waals surface area contributed by atoms with Gasteiger partial charge in [0.15, 0.2) is 0 Å². The van der Waals surface area contributed by atoms with Crippen LogP contribution in [0.2, 0.25) is 0 Å². The molecule has 5 N–H and O–H groups in total. The molecule has 0 aromatic carbocycles. The number of amides is 11. The van der Waals surface area contributed by atoms with Crippen LogP contribution in [0.1, 0.15) is 163 Å². The Hall–Kier alpha value is -6.70. The first-order valence-corrected chi connectivity index (χ1v) is 32.8. The Morgan fingerprint density at radius 3 is 1.48 bits per heavy atom. The van der Waals surface area contributed by atoms with Crippen molar-refractivity contribution in [2.45, 2.75) is 236 Å². The molecule has 26 heteroatoms. The second-order valence-electron chi connectivity index (χ2n) is 26.8. The van der Waals surface area contributed by atoms with Gasteiger partial charge in [0.25, 0.3) is 0 Å². The normalized spacial score (nSPS) is 26.0. The summed E-state index contributed by atoms with van der Waals surface area (Å²) in [6.45, 7) is 29.7. The maximum atomic E-state index is 15.2. The fourth-order valence-corrected chi connectivity index (χ4v) is 11.3. The number of nitrogens with zero attached hydrogens (tertiary/aromatic N) is 7. The van der Waals surface area contributed by atoms with Gasteiger partial charge in [0.1, 0.15) is 60.4 Å². The van der Waals surface area contributed by atoms with Gasteiger partial charge >= 0.3 is 5.97 Å². The Bertz CT molecular complexity index is 2530. The zero-order valence-electron chi connectivity index (χ0n) is 59.9. The highest BCUT2D eigenvalue weighted by Gasteiger charge is 2.46. The van der Waals surface area contributed by atoms with Crippen molar-refractivity contribution in [3.05, 3.63) is 12.2 Å². The monoisotopic (exact) mass is 1300 g/mol. The van der Waals surface area contributed by atoms with Crippen LogP contribution in [0.4, 0.5) is 0 Å². The molecule has 526 valence electrons. The molecule has 13 atom stereocenters. The molecule has 1 aliphatic rings. The summed E-state index contributed by atoms with van der Waals surface area (Å²) in [6.07, 6.45) is 1.85. The van der Waals surface area contributed by atoms with Crippen molar-refractivity contribution in [3.63, 3.8) is 0 Å². The fraction of sp³-hybridized carbons (Fsp3) is 0.788. The zero-order chi connectivity index (χ0) is 71.1. The van der Waals surface area contributed by atoms with Crippen LogP contribution in [0.25, 0.3) is 0 Å². The number of unbranched alkanes of at least 4 members (excludes halogenated alkanes) is 1. The highest BCUT2D eigenvalue weighted by Crippen LogP contribution is 2.25. The minimum atomic E-state index is -1.67. The molecule has 1 saturated heterocycles. The molecule has 0 radical (unpaired) electrons. The first kappa shape index (κ1) is 83.3. The second-order valence-corrected chi connectivity index (χ2v) is 26.8. The van der Waals surface area contributed by atoms with E-state index >= 15 is 9.59 Å². The highest BCUT2D eigenvalue weighted by molar-refractivity contribution is 5.99. The van der Waals surface area contributed by atoms with E-state index in [1.807, 2.05) is 41.5 Å². The molecule has 0 saturated carbocycles. The maximum Gasteiger partial charge on any atom is 0.302 e. The molecule has 0 aliphatic carbocycles. The molecule has 1 rings (SSSR count). The summed E-state index contributed by atoms with van der Waals surface area (Å²) in [6, 6.07) is -13.1. The third-order valence-electron chi connectivity index (χ3n) is 16.9. The minimum absolute atomic E-state index is 0.0213. The average molecular weight is 1300 g/mol. The molecule has 1 aliphatic heterocycles. The summed E-state index contributed by atoms with van der Waals surface area (Å²) in [7, 11) is 8.37. The largest absolute Gasteiger partial charge is 0.466 e. The van der Waals surface area contributed by atoms with Gasteiger partial charge in [0.05, 0.1) is 25.4 Å². The van der Waals surface area contributed by atoms with Crippen LogP contribution in [-0.2, 0) is 67.0 Å². The molecule has 0 aromatic heterocycles. The molecule has 1 unspecified atom stereocenters. The van der Waals surface area contributed by atoms with Gasteiger partial charge < -0.3 is 70.1 Å². The summed E-state index contributed by atoms with van der Waals surface area (Å²) in [5.41, 5.74) is 0. The van der Waals surface area contributed by atoms with E-state index in [2.05, 4.69) is 21.3 Å². The van der Waals surface area contributed by atoms with E-state index in [0.29, 0.717) is 12.8 Å². The Kier molecular flexibility index (Phi) is 35.4. The van der Waals surface area contributed by atoms with E-state index in [9.17, 15) is 53.1 Å². The van der Waals surface area contributed by atoms with Crippen LogP contribution in [0.3, 0.4) is 0 Å². The second kappa shape index (κ2) is 39.1. The molecule has 0 spiro atoms. The van der Waals surface area contributed by atoms with E-state index in [-0.39, 0.29) is 63.2 Å². The molecule has 0 aromatic rings. The lowest BCUT2D eigenvalue weighted by molar-refractivity contribution is -0.157. The first-order valence-electron chi connectivity index (χ1n) is 32.8. The van der Waals surface area contributed by atoms with Crippen molar-refractivity contribution in [2.24, 2.45) is 35.5 Å². The summed E-state index contributed by atoms with van der Waals surface area (Å²) in [5.74, 6) is -10.9. The lowest BCUT2D eigenvalue weighted by Gasteiger charge is -2.41. The van der Waals surface area contributed by atoms with Crippen LogP contribution in [-0.4, -0.2) is 252 Å². The minimum Gasteiger partial charge on any atom is -0.466 e. The topological polar surface area (TPSA) is 314 Å². The molecular formula is C66H117N11O15. The van der Waals surface area contributed by atoms with Crippen LogP contribution in [0.15, 0.2) is 12.2 Å². The molecule has 1 heterocycles. The number of carbonyl (C=O) groups is 12. The van der Waals surface area contributed by atoms with Gasteiger partial charge in [-0.3, -0.25) is 57.5 Å². The predicted molar refractivity (Wildman–Crippen MR) is 350 cm³/mol. The molecule has 1 fully saturated rings. The summed E-state index contributed by atoms with van der Waals surface area (Å²) < 4.78 is 11.2. The number of rotatable bonds is 20. The summed E-state index contributed by atoms with van der Waals surface area (Å²) >= 11 is 0. The lowest BCUT2D eigenvalue weighted by atomic mass is 9.93. The summed E-state index contributed by atoms with van der Waals surface area (Å²) in [5, 5.41) is 23.0. The maximum absolute atomic E-state index is 15.2. The quantitative estimate of drug-likeness (QED) is 0.0665. The average Bonchev–Trinajstić information content (AvgIpc) is 0.817. The predicted octanol–water partition coefficient (Wildman–Crippen LogP) is 2.97. The van der Waals surface area contributed by atoms with Crippen LogP contribution in [0.5, 0.6) is 0 Å². The molecule has 26 nitrogen and oxygen atoms in total. The molecule has 11 amide bonds. The molecular weight excluding hydrogens is 1190 g/mol. The lowest BCUT2D eigenvalue weighted by Crippen LogP contribution is -2.63. The zero-order valence-corrected chi connectivity index (χ0v) is 59.9. The van der Waals surface area contributed by atoms with Crippen molar-refractivity contribution < 1.29 is 72.1 Å². The van der Waals surface area contributed by atoms with Gasteiger partial charge in [0, 0.05) is 68.3 Å². The van der Waals surface area contributed by atoms with Crippen LogP contribution >= 0.6 is 0 Å². The van der Waals surface area contributed by atoms with Crippen molar-refractivity contribution in [3.8, 4) is 0 Å². The third-order valence-corrected chi connectivity index (χ3v) is 16.9.